The van der Waals surface area contributed by atoms with Crippen LogP contribution in [-0.2, 0) is 5.41 Å². The number of carbonyl (C=O) groups is 1. The first-order chi connectivity index (χ1) is 25.8. The molecular formula is C39H40ClF3N8O2S. The van der Waals surface area contributed by atoms with Gasteiger partial charge in [0.1, 0.15) is 41.0 Å². The summed E-state index contributed by atoms with van der Waals surface area (Å²) in [5, 5.41) is 15.1. The third-order valence-corrected chi connectivity index (χ3v) is 12.6. The maximum atomic E-state index is 17.2. The Kier molecular flexibility index (Phi) is 9.26. The fourth-order valence-corrected chi connectivity index (χ4v) is 9.70. The summed E-state index contributed by atoms with van der Waals surface area (Å²) in [5.74, 6) is -1.37. The topological polar surface area (TPSA) is 126 Å². The van der Waals surface area contributed by atoms with Crippen LogP contribution in [0.1, 0.15) is 75.3 Å². The predicted octanol–water partition coefficient (Wildman–Crippen LogP) is 8.29. The number of rotatable bonds is 6. The summed E-state index contributed by atoms with van der Waals surface area (Å²) in [7, 11) is 0. The fourth-order valence-electron chi connectivity index (χ4n) is 8.46. The summed E-state index contributed by atoms with van der Waals surface area (Å²) in [6.45, 7) is 8.34. The molecule has 3 atom stereocenters. The first kappa shape index (κ1) is 36.5. The van der Waals surface area contributed by atoms with Crippen molar-refractivity contribution in [1.29, 1.82) is 5.26 Å². The van der Waals surface area contributed by atoms with E-state index in [1.165, 1.54) is 16.8 Å². The number of nitrogen functional groups attached to an aromatic ring is 1. The van der Waals surface area contributed by atoms with Gasteiger partial charge in [-0.15, -0.1) is 11.3 Å². The van der Waals surface area contributed by atoms with Gasteiger partial charge in [-0.3, -0.25) is 9.69 Å². The van der Waals surface area contributed by atoms with Crippen molar-refractivity contribution in [3.05, 3.63) is 58.4 Å². The molecule has 1 unspecified atom stereocenters. The van der Waals surface area contributed by atoms with Crippen LogP contribution in [0, 0.1) is 28.9 Å². The molecule has 3 aliphatic heterocycles. The highest BCUT2D eigenvalue weighted by Gasteiger charge is 2.49. The molecule has 3 aliphatic rings. The van der Waals surface area contributed by atoms with E-state index in [9.17, 15) is 18.8 Å². The molecule has 8 rings (SSSR count). The Bertz CT molecular complexity index is 2350. The van der Waals surface area contributed by atoms with E-state index in [0.717, 1.165) is 36.4 Å². The molecule has 282 valence electrons. The van der Waals surface area contributed by atoms with E-state index < -0.39 is 23.3 Å². The molecule has 0 bridgehead atoms. The average molecular weight is 777 g/mol. The number of halogens is 4. The van der Waals surface area contributed by atoms with Crippen LogP contribution in [0.4, 0.5) is 24.0 Å². The normalized spacial score (nSPS) is 22.1. The molecule has 3 aromatic heterocycles. The van der Waals surface area contributed by atoms with Crippen LogP contribution in [0.2, 0.25) is 5.02 Å². The second-order valence-corrected chi connectivity index (χ2v) is 17.2. The molecule has 0 aliphatic carbocycles. The second kappa shape index (κ2) is 13.7. The summed E-state index contributed by atoms with van der Waals surface area (Å²) >= 11 is 7.82. The summed E-state index contributed by atoms with van der Waals surface area (Å²) in [6.07, 6.45) is 4.55. The van der Waals surface area contributed by atoms with Crippen LogP contribution >= 0.6 is 22.9 Å². The van der Waals surface area contributed by atoms with Crippen LogP contribution in [0.5, 0.6) is 6.01 Å². The van der Waals surface area contributed by atoms with E-state index in [2.05, 4.69) is 15.0 Å². The Morgan fingerprint density at radius 1 is 1.17 bits per heavy atom. The number of anilines is 2. The number of fused-ring (bicyclic) bond motifs is 3. The van der Waals surface area contributed by atoms with Crippen LogP contribution in [0.25, 0.3) is 32.1 Å². The van der Waals surface area contributed by atoms with Crippen molar-refractivity contribution >= 4 is 60.7 Å². The smallest absolute Gasteiger partial charge is 0.319 e. The Morgan fingerprint density at radius 3 is 2.74 bits per heavy atom. The van der Waals surface area contributed by atoms with Crippen molar-refractivity contribution in [3.63, 3.8) is 0 Å². The highest BCUT2D eigenvalue weighted by Crippen LogP contribution is 2.46. The molecule has 15 heteroatoms. The molecule has 0 spiro atoms. The van der Waals surface area contributed by atoms with Gasteiger partial charge in [0.05, 0.1) is 26.5 Å². The number of hydrogen-bond donors (Lipinski definition) is 1. The number of hydrogen-bond acceptors (Lipinski definition) is 10. The Morgan fingerprint density at radius 2 is 1.98 bits per heavy atom. The quantitative estimate of drug-likeness (QED) is 0.181. The van der Waals surface area contributed by atoms with Gasteiger partial charge in [0.15, 0.2) is 5.82 Å². The van der Waals surface area contributed by atoms with Crippen molar-refractivity contribution in [1.82, 2.24) is 24.6 Å². The maximum Gasteiger partial charge on any atom is 0.319 e. The lowest BCUT2D eigenvalue weighted by Gasteiger charge is -2.31. The summed E-state index contributed by atoms with van der Waals surface area (Å²) in [6, 6.07) is 8.00. The van der Waals surface area contributed by atoms with Crippen molar-refractivity contribution in [2.45, 2.75) is 76.4 Å². The van der Waals surface area contributed by atoms with E-state index in [-0.39, 0.29) is 72.2 Å². The molecule has 54 heavy (non-hydrogen) atoms. The number of nitrogens with two attached hydrogens (primary N) is 1. The van der Waals surface area contributed by atoms with Crippen LogP contribution in [0.15, 0.2) is 30.5 Å². The standard InChI is InChI=1S/C39H40ClF3N8O2S/c1-38(2,3)28-10-15-51(48-28)36(52)21-6-4-12-49(14-9-21)35-24-16-26(40)30(23-7-8-27(42)33-29(23)25(18-44)34(45)54-33)31(43)32(24)46-37(47-35)53-20-39-11-5-13-50(39)19-22(41)17-39/h7-8,10,15-16,21-22H,4-6,9,11-14,17,19-20,45H2,1-3H3/t21?,22-,39+/m1/s1. The molecule has 10 nitrogen and oxygen atoms in total. The number of carbonyl (C=O) groups excluding carboxylic acids is 1. The van der Waals surface area contributed by atoms with Crippen molar-refractivity contribution in [2.75, 3.05) is 43.4 Å². The first-order valence-corrected chi connectivity index (χ1v) is 19.5. The van der Waals surface area contributed by atoms with Gasteiger partial charge in [-0.05, 0) is 62.4 Å². The van der Waals surface area contributed by atoms with Crippen molar-refractivity contribution in [2.24, 2.45) is 5.92 Å². The Hall–Kier alpha value is -4.45. The molecule has 2 aromatic carbocycles. The number of ether oxygens (including phenoxy) is 1. The summed E-state index contributed by atoms with van der Waals surface area (Å²) in [4.78, 5) is 27.2. The molecule has 5 aromatic rings. The largest absolute Gasteiger partial charge is 0.461 e. The van der Waals surface area contributed by atoms with Gasteiger partial charge in [0, 0.05) is 59.9 Å². The molecule has 3 saturated heterocycles. The van der Waals surface area contributed by atoms with Gasteiger partial charge < -0.3 is 15.4 Å². The van der Waals surface area contributed by atoms with Gasteiger partial charge in [-0.25, -0.2) is 17.9 Å². The van der Waals surface area contributed by atoms with Crippen LogP contribution in [0.3, 0.4) is 0 Å². The number of nitriles is 1. The lowest BCUT2D eigenvalue weighted by atomic mass is 9.93. The lowest BCUT2D eigenvalue weighted by molar-refractivity contribution is 0.0805. The number of alkyl halides is 1. The predicted molar refractivity (Wildman–Crippen MR) is 204 cm³/mol. The Balaban J connectivity index is 1.20. The summed E-state index contributed by atoms with van der Waals surface area (Å²) in [5.41, 5.74) is 6.33. The average Bonchev–Trinajstić information content (AvgIpc) is 3.87. The first-order valence-electron chi connectivity index (χ1n) is 18.3. The third kappa shape index (κ3) is 6.24. The van der Waals surface area contributed by atoms with Crippen molar-refractivity contribution in [3.8, 4) is 23.2 Å². The van der Waals surface area contributed by atoms with Crippen LogP contribution in [-0.4, -0.2) is 75.1 Å². The third-order valence-electron chi connectivity index (χ3n) is 11.2. The van der Waals surface area contributed by atoms with Gasteiger partial charge in [-0.1, -0.05) is 38.4 Å². The van der Waals surface area contributed by atoms with Crippen molar-refractivity contribution < 1.29 is 22.7 Å². The molecule has 2 N–H and O–H groups in total. The molecule has 0 radical (unpaired) electrons. The highest BCUT2D eigenvalue weighted by atomic mass is 35.5. The van der Waals surface area contributed by atoms with E-state index in [0.29, 0.717) is 56.5 Å². The minimum absolute atomic E-state index is 0.0109. The van der Waals surface area contributed by atoms with Gasteiger partial charge >= 0.3 is 6.01 Å². The van der Waals surface area contributed by atoms with E-state index in [4.69, 9.17) is 27.1 Å². The van der Waals surface area contributed by atoms with Crippen LogP contribution < -0.4 is 15.4 Å². The zero-order valence-electron chi connectivity index (χ0n) is 30.3. The van der Waals surface area contributed by atoms with Gasteiger partial charge in [-0.2, -0.15) is 20.3 Å². The van der Waals surface area contributed by atoms with Gasteiger partial charge in [0.2, 0.25) is 5.91 Å². The number of aromatic nitrogens is 4. The summed E-state index contributed by atoms with van der Waals surface area (Å²) < 4.78 is 54.6. The second-order valence-electron chi connectivity index (χ2n) is 15.7. The monoisotopic (exact) mass is 776 g/mol. The molecule has 3 fully saturated rings. The molecule has 6 heterocycles. The molecule has 0 saturated carbocycles. The van der Waals surface area contributed by atoms with E-state index in [1.807, 2.05) is 37.8 Å². The maximum absolute atomic E-state index is 17.2. The minimum atomic E-state index is -0.962. The lowest BCUT2D eigenvalue weighted by Crippen LogP contribution is -2.43. The molecule has 0 amide bonds. The SMILES string of the molecule is CC(C)(C)c1ccn(C(=O)C2CCCN(c3nc(OC[C@@]45CCCN4C[C@H](F)C5)nc4c(F)c(-c5ccc(F)c6sc(N)c(C#N)c56)c(Cl)cc34)CC2)n1. The van der Waals surface area contributed by atoms with Gasteiger partial charge in [0.25, 0.3) is 0 Å². The Labute approximate surface area is 319 Å². The number of benzene rings is 2. The molecular weight excluding hydrogens is 737 g/mol. The zero-order chi connectivity index (χ0) is 38.1. The number of nitrogens with zero attached hydrogens (tertiary/aromatic N) is 7. The fraction of sp³-hybridized carbons (Fsp3) is 0.462. The van der Waals surface area contributed by atoms with E-state index in [1.54, 1.807) is 12.3 Å². The zero-order valence-corrected chi connectivity index (χ0v) is 31.8. The number of thiophene rings is 1. The van der Waals surface area contributed by atoms with E-state index >= 15 is 4.39 Å². The minimum Gasteiger partial charge on any atom is -0.461 e. The highest BCUT2D eigenvalue weighted by molar-refractivity contribution is 7.23.